The van der Waals surface area contributed by atoms with Gasteiger partial charge in [-0.15, -0.1) is 0 Å². The Kier molecular flexibility index (Phi) is 6.23. The van der Waals surface area contributed by atoms with E-state index in [0.717, 1.165) is 6.07 Å². The highest BCUT2D eigenvalue weighted by Gasteiger charge is 2.48. The summed E-state index contributed by atoms with van der Waals surface area (Å²) in [6.45, 7) is 0. The molecule has 3 unspecified atom stereocenters. The smallest absolute Gasteiger partial charge is 0.335 e. The van der Waals surface area contributed by atoms with Crippen molar-refractivity contribution in [1.82, 2.24) is 0 Å². The summed E-state index contributed by atoms with van der Waals surface area (Å²) in [5.41, 5.74) is 0.362. The summed E-state index contributed by atoms with van der Waals surface area (Å²) < 4.78 is 21.3. The number of rotatable bonds is 5. The zero-order valence-corrected chi connectivity index (χ0v) is 17.7. The van der Waals surface area contributed by atoms with Crippen molar-refractivity contribution < 1.29 is 59.2 Å². The van der Waals surface area contributed by atoms with Gasteiger partial charge in [-0.3, -0.25) is 4.79 Å². The van der Waals surface area contributed by atoms with Crippen molar-refractivity contribution in [3.8, 4) is 28.7 Å². The van der Waals surface area contributed by atoms with Crippen LogP contribution in [0.3, 0.4) is 0 Å². The number of Topliss-reactive ketones (excluding diaryl/α,β-unsaturated/α-hetero) is 1. The molecule has 34 heavy (non-hydrogen) atoms. The lowest BCUT2D eigenvalue weighted by molar-refractivity contribution is -0.271. The number of carbonyl (C=O) groups is 2. The van der Waals surface area contributed by atoms with Crippen molar-refractivity contribution >= 4 is 11.8 Å². The van der Waals surface area contributed by atoms with Crippen LogP contribution in [-0.4, -0.2) is 80.2 Å². The third-order valence-corrected chi connectivity index (χ3v) is 5.61. The van der Waals surface area contributed by atoms with Crippen LogP contribution < -0.4 is 14.2 Å². The molecule has 2 aromatic carbocycles. The summed E-state index contributed by atoms with van der Waals surface area (Å²) in [4.78, 5) is 24.0. The minimum Gasteiger partial charge on any atom is -0.507 e. The van der Waals surface area contributed by atoms with Crippen molar-refractivity contribution in [2.45, 2.75) is 43.2 Å². The first kappa shape index (κ1) is 23.6. The minimum absolute atomic E-state index is 0.0628. The molecule has 1 fully saturated rings. The maximum absolute atomic E-state index is 12.7. The van der Waals surface area contributed by atoms with Gasteiger partial charge in [0.1, 0.15) is 47.2 Å². The van der Waals surface area contributed by atoms with Gasteiger partial charge in [0.2, 0.25) is 6.29 Å². The van der Waals surface area contributed by atoms with E-state index in [2.05, 4.69) is 0 Å². The molecule has 0 spiro atoms. The lowest BCUT2D eigenvalue weighted by atomic mass is 9.95. The number of hydrogen-bond donors (Lipinski definition) is 6. The van der Waals surface area contributed by atoms with Gasteiger partial charge in [-0.25, -0.2) is 4.79 Å². The third kappa shape index (κ3) is 4.19. The van der Waals surface area contributed by atoms with Crippen molar-refractivity contribution in [3.63, 3.8) is 0 Å². The Bertz CT molecular complexity index is 1120. The maximum Gasteiger partial charge on any atom is 0.335 e. The highest BCUT2D eigenvalue weighted by atomic mass is 16.7. The number of benzene rings is 2. The number of carboxylic acid groups (broad SMARTS) is 1. The molecule has 0 saturated carbocycles. The molecule has 0 amide bonds. The molecule has 12 nitrogen and oxygen atoms in total. The van der Waals surface area contributed by atoms with E-state index in [9.17, 15) is 35.1 Å². The average Bonchev–Trinajstić information content (AvgIpc) is 2.78. The van der Waals surface area contributed by atoms with Crippen LogP contribution in [-0.2, 0) is 9.53 Å². The number of fused-ring (bicyclic) bond motifs is 1. The van der Waals surface area contributed by atoms with Crippen LogP contribution in [0.1, 0.15) is 28.4 Å². The number of aromatic hydroxyl groups is 2. The van der Waals surface area contributed by atoms with Crippen LogP contribution in [0.25, 0.3) is 0 Å². The SMILES string of the molecule is COc1ccc([C@H]2CC(=O)c3c(O)cc(O[C@@H]4OC(C(=O)O)[C@H](O)C(O)C4O)cc3O2)cc1O. The lowest BCUT2D eigenvalue weighted by Gasteiger charge is -2.38. The molecule has 2 aliphatic rings. The lowest BCUT2D eigenvalue weighted by Crippen LogP contribution is -2.61. The summed E-state index contributed by atoms with van der Waals surface area (Å²) in [5.74, 6) is -2.67. The van der Waals surface area contributed by atoms with E-state index >= 15 is 0 Å². The third-order valence-electron chi connectivity index (χ3n) is 5.61. The number of phenols is 2. The van der Waals surface area contributed by atoms with Gasteiger partial charge >= 0.3 is 5.97 Å². The summed E-state index contributed by atoms with van der Waals surface area (Å²) in [6.07, 6.45) is -10.1. The van der Waals surface area contributed by atoms with Crippen LogP contribution in [0, 0.1) is 0 Å². The van der Waals surface area contributed by atoms with E-state index in [4.69, 9.17) is 24.1 Å². The second-order valence-electron chi connectivity index (χ2n) is 7.83. The zero-order valence-electron chi connectivity index (χ0n) is 17.7. The first-order valence-electron chi connectivity index (χ1n) is 10.1. The van der Waals surface area contributed by atoms with Crippen LogP contribution >= 0.6 is 0 Å². The second kappa shape index (κ2) is 8.99. The molecule has 2 aromatic rings. The molecule has 6 atom stereocenters. The highest BCUT2D eigenvalue weighted by molar-refractivity contribution is 6.02. The Hall–Kier alpha value is -3.58. The first-order valence-corrected chi connectivity index (χ1v) is 10.1. The predicted octanol–water partition coefficient (Wildman–Crippen LogP) is 0.0839. The number of aliphatic hydroxyl groups is 3. The summed E-state index contributed by atoms with van der Waals surface area (Å²) in [6, 6.07) is 6.76. The Labute approximate surface area is 192 Å². The molecule has 1 saturated heterocycles. The molecular formula is C22H22O12. The van der Waals surface area contributed by atoms with E-state index in [1.54, 1.807) is 6.07 Å². The normalized spacial score (nSPS) is 28.5. The topological polar surface area (TPSA) is 192 Å². The van der Waals surface area contributed by atoms with E-state index in [0.29, 0.717) is 5.56 Å². The Balaban J connectivity index is 1.60. The van der Waals surface area contributed by atoms with Crippen LogP contribution in [0.15, 0.2) is 30.3 Å². The number of aliphatic hydroxyl groups excluding tert-OH is 3. The molecule has 182 valence electrons. The van der Waals surface area contributed by atoms with Crippen molar-refractivity contribution in [1.29, 1.82) is 0 Å². The van der Waals surface area contributed by atoms with E-state index in [1.165, 1.54) is 25.3 Å². The summed E-state index contributed by atoms with van der Waals surface area (Å²) >= 11 is 0. The average molecular weight is 478 g/mol. The predicted molar refractivity (Wildman–Crippen MR) is 110 cm³/mol. The monoisotopic (exact) mass is 478 g/mol. The van der Waals surface area contributed by atoms with Crippen molar-refractivity contribution in [3.05, 3.63) is 41.5 Å². The molecule has 0 aromatic heterocycles. The number of carboxylic acids is 1. The number of aliphatic carboxylic acids is 1. The number of phenolic OH excluding ortho intramolecular Hbond substituents is 2. The Morgan fingerprint density at radius 3 is 2.41 bits per heavy atom. The molecule has 0 aliphatic carbocycles. The Morgan fingerprint density at radius 1 is 1.03 bits per heavy atom. The molecule has 6 N–H and O–H groups in total. The standard InChI is InChI=1S/C22H22O12/c1-31-13-3-2-8(4-10(13)23)14-7-12(25)16-11(24)5-9(6-15(16)33-14)32-22-19(28)17(26)18(27)20(34-22)21(29)30/h2-6,14,17-20,22-24,26-28H,7H2,1H3,(H,29,30)/t14-,17?,18-,19?,20?,22-/m1/s1. The molecule has 12 heteroatoms. The second-order valence-corrected chi connectivity index (χ2v) is 7.83. The van der Waals surface area contributed by atoms with Gasteiger partial charge in [-0.05, 0) is 17.7 Å². The molecule has 2 heterocycles. The number of ketones is 1. The van der Waals surface area contributed by atoms with E-state index in [1.807, 2.05) is 0 Å². The number of hydrogen-bond acceptors (Lipinski definition) is 11. The fraction of sp³-hybridized carbons (Fsp3) is 0.364. The quantitative estimate of drug-likeness (QED) is 0.340. The van der Waals surface area contributed by atoms with Gasteiger partial charge in [0, 0.05) is 12.1 Å². The minimum atomic E-state index is -1.90. The van der Waals surface area contributed by atoms with E-state index < -0.39 is 54.3 Å². The summed E-state index contributed by atoms with van der Waals surface area (Å²) in [7, 11) is 1.39. The molecular weight excluding hydrogens is 456 g/mol. The molecule has 4 rings (SSSR count). The van der Waals surface area contributed by atoms with Gasteiger partial charge in [0.05, 0.1) is 13.5 Å². The van der Waals surface area contributed by atoms with Crippen molar-refractivity contribution in [2.75, 3.05) is 7.11 Å². The van der Waals surface area contributed by atoms with Gasteiger partial charge in [-0.1, -0.05) is 6.07 Å². The Morgan fingerprint density at radius 2 is 1.76 bits per heavy atom. The van der Waals surface area contributed by atoms with Crippen molar-refractivity contribution in [2.24, 2.45) is 0 Å². The number of methoxy groups -OCH3 is 1. The molecule has 0 bridgehead atoms. The molecule has 2 aliphatic heterocycles. The van der Waals surface area contributed by atoms with Gasteiger partial charge in [0.25, 0.3) is 0 Å². The van der Waals surface area contributed by atoms with Gasteiger partial charge in [-0.2, -0.15) is 0 Å². The van der Waals surface area contributed by atoms with Gasteiger partial charge < -0.3 is 49.6 Å². The number of ether oxygens (including phenoxy) is 4. The largest absolute Gasteiger partial charge is 0.507 e. The summed E-state index contributed by atoms with van der Waals surface area (Å²) in [5, 5.41) is 59.5. The van der Waals surface area contributed by atoms with Crippen LogP contribution in [0.2, 0.25) is 0 Å². The fourth-order valence-corrected chi connectivity index (χ4v) is 3.86. The first-order chi connectivity index (χ1) is 16.1. The number of carbonyl (C=O) groups excluding carboxylic acids is 1. The molecule has 0 radical (unpaired) electrons. The van der Waals surface area contributed by atoms with Crippen LogP contribution in [0.4, 0.5) is 0 Å². The fourth-order valence-electron chi connectivity index (χ4n) is 3.86. The zero-order chi connectivity index (χ0) is 24.7. The van der Waals surface area contributed by atoms with Crippen LogP contribution in [0.5, 0.6) is 28.7 Å². The van der Waals surface area contributed by atoms with E-state index in [-0.39, 0.29) is 35.0 Å². The highest BCUT2D eigenvalue weighted by Crippen LogP contribution is 2.43. The van der Waals surface area contributed by atoms with Gasteiger partial charge in [0.15, 0.2) is 23.4 Å². The maximum atomic E-state index is 12.7.